The second-order valence-electron chi connectivity index (χ2n) is 6.11. The predicted molar refractivity (Wildman–Crippen MR) is 104 cm³/mol. The van der Waals surface area contributed by atoms with Crippen LogP contribution in [-0.2, 0) is 16.1 Å². The normalized spacial score (nSPS) is 10.2. The second-order valence-corrected chi connectivity index (χ2v) is 6.11. The molecule has 0 radical (unpaired) electrons. The van der Waals surface area contributed by atoms with Crippen LogP contribution in [0.2, 0.25) is 0 Å². The number of anilines is 1. The van der Waals surface area contributed by atoms with Crippen LogP contribution in [0.5, 0.6) is 5.75 Å². The maximum Gasteiger partial charge on any atom is 0.262 e. The molecule has 2 rings (SSSR count). The summed E-state index contributed by atoms with van der Waals surface area (Å²) in [5, 5.41) is 2.82. The largest absolute Gasteiger partial charge is 0.484 e. The second kappa shape index (κ2) is 9.52. The van der Waals surface area contributed by atoms with Crippen LogP contribution < -0.4 is 10.1 Å². The average Bonchev–Trinajstić information content (AvgIpc) is 2.65. The van der Waals surface area contributed by atoms with Crippen LogP contribution in [0, 0.1) is 0 Å². The van der Waals surface area contributed by atoms with E-state index in [0.29, 0.717) is 30.1 Å². The van der Waals surface area contributed by atoms with Gasteiger partial charge in [-0.15, -0.1) is 0 Å². The molecule has 1 N–H and O–H groups in total. The van der Waals surface area contributed by atoms with Gasteiger partial charge in [0.25, 0.3) is 5.91 Å². The van der Waals surface area contributed by atoms with Crippen LogP contribution in [0.15, 0.2) is 48.5 Å². The maximum atomic E-state index is 12.2. The van der Waals surface area contributed by atoms with Crippen LogP contribution in [0.1, 0.15) is 36.7 Å². The van der Waals surface area contributed by atoms with E-state index in [1.807, 2.05) is 25.1 Å². The van der Waals surface area contributed by atoms with Crippen molar-refractivity contribution in [3.05, 3.63) is 59.7 Å². The van der Waals surface area contributed by atoms with Crippen molar-refractivity contribution < 1.29 is 19.1 Å². The lowest BCUT2D eigenvalue weighted by atomic mass is 10.1. The third kappa shape index (κ3) is 5.95. The Hall–Kier alpha value is -3.15. The molecule has 2 amide bonds. The Morgan fingerprint density at radius 2 is 1.67 bits per heavy atom. The molecule has 0 saturated carbocycles. The van der Waals surface area contributed by atoms with Gasteiger partial charge in [-0.25, -0.2) is 0 Å². The van der Waals surface area contributed by atoms with Crippen molar-refractivity contribution in [3.63, 3.8) is 0 Å². The van der Waals surface area contributed by atoms with E-state index in [4.69, 9.17) is 4.74 Å². The smallest absolute Gasteiger partial charge is 0.262 e. The summed E-state index contributed by atoms with van der Waals surface area (Å²) in [5.74, 6) is 0.166. The van der Waals surface area contributed by atoms with Gasteiger partial charge in [-0.2, -0.15) is 0 Å². The van der Waals surface area contributed by atoms with Crippen molar-refractivity contribution in [2.45, 2.75) is 27.3 Å². The van der Waals surface area contributed by atoms with Gasteiger partial charge in [0.1, 0.15) is 5.75 Å². The lowest BCUT2D eigenvalue weighted by Gasteiger charge is -2.21. The first-order valence-electron chi connectivity index (χ1n) is 8.77. The number of nitrogens with one attached hydrogen (secondary N) is 1. The zero-order valence-electron chi connectivity index (χ0n) is 15.8. The molecule has 2 aromatic rings. The number of nitrogens with zero attached hydrogens (tertiary/aromatic N) is 1. The zero-order valence-corrected chi connectivity index (χ0v) is 15.8. The maximum absolute atomic E-state index is 12.2. The molecule has 0 aliphatic carbocycles. The van der Waals surface area contributed by atoms with E-state index < -0.39 is 0 Å². The van der Waals surface area contributed by atoms with Gasteiger partial charge >= 0.3 is 0 Å². The molecule has 0 saturated heterocycles. The van der Waals surface area contributed by atoms with Crippen molar-refractivity contribution in [3.8, 4) is 5.75 Å². The number of amides is 2. The number of Topliss-reactive ketones (excluding diaryl/α,β-unsaturated/α-hetero) is 1. The molecule has 0 heterocycles. The average molecular weight is 368 g/mol. The highest BCUT2D eigenvalue weighted by Crippen LogP contribution is 2.18. The van der Waals surface area contributed by atoms with E-state index in [1.54, 1.807) is 35.2 Å². The molecule has 27 heavy (non-hydrogen) atoms. The van der Waals surface area contributed by atoms with Crippen molar-refractivity contribution in [1.82, 2.24) is 4.90 Å². The van der Waals surface area contributed by atoms with Crippen LogP contribution in [0.3, 0.4) is 0 Å². The lowest BCUT2D eigenvalue weighted by Crippen LogP contribution is -2.28. The van der Waals surface area contributed by atoms with Crippen molar-refractivity contribution >= 4 is 23.3 Å². The first kappa shape index (κ1) is 20.2. The quantitative estimate of drug-likeness (QED) is 0.726. The van der Waals surface area contributed by atoms with Gasteiger partial charge in [-0.1, -0.05) is 18.2 Å². The predicted octanol–water partition coefficient (Wildman–Crippen LogP) is 3.28. The molecular weight excluding hydrogens is 344 g/mol. The lowest BCUT2D eigenvalue weighted by molar-refractivity contribution is -0.129. The summed E-state index contributed by atoms with van der Waals surface area (Å²) in [6, 6.07) is 14.0. The summed E-state index contributed by atoms with van der Waals surface area (Å²) in [7, 11) is 0. The fourth-order valence-corrected chi connectivity index (χ4v) is 2.55. The summed E-state index contributed by atoms with van der Waals surface area (Å²) in [5.41, 5.74) is 2.10. The van der Waals surface area contributed by atoms with Gasteiger partial charge in [0.15, 0.2) is 12.4 Å². The van der Waals surface area contributed by atoms with E-state index in [0.717, 1.165) is 5.56 Å². The number of para-hydroxylation sites is 1. The third-order valence-electron chi connectivity index (χ3n) is 4.11. The molecule has 0 unspecified atom stereocenters. The van der Waals surface area contributed by atoms with Gasteiger partial charge in [0, 0.05) is 31.3 Å². The number of carbonyl (C=O) groups is 3. The molecule has 6 nitrogen and oxygen atoms in total. The Balaban J connectivity index is 1.97. The Labute approximate surface area is 159 Å². The van der Waals surface area contributed by atoms with Crippen LogP contribution in [-0.4, -0.2) is 35.6 Å². The number of rotatable bonds is 8. The zero-order chi connectivity index (χ0) is 19.8. The molecule has 0 aromatic heterocycles. The van der Waals surface area contributed by atoms with Gasteiger partial charge in [-0.3, -0.25) is 14.4 Å². The summed E-state index contributed by atoms with van der Waals surface area (Å²) in [6.45, 7) is 5.79. The molecule has 0 fully saturated rings. The summed E-state index contributed by atoms with van der Waals surface area (Å²) in [4.78, 5) is 36.8. The van der Waals surface area contributed by atoms with E-state index in [-0.39, 0.29) is 24.2 Å². The highest BCUT2D eigenvalue weighted by atomic mass is 16.5. The number of ether oxygens (including phenoxy) is 1. The number of benzene rings is 2. The van der Waals surface area contributed by atoms with Crippen molar-refractivity contribution in [2.75, 3.05) is 18.5 Å². The Morgan fingerprint density at radius 1 is 1.00 bits per heavy atom. The summed E-state index contributed by atoms with van der Waals surface area (Å²) in [6.07, 6.45) is 0. The topological polar surface area (TPSA) is 75.7 Å². The molecule has 0 aliphatic heterocycles. The minimum atomic E-state index is -0.302. The highest BCUT2D eigenvalue weighted by molar-refractivity contribution is 5.94. The first-order chi connectivity index (χ1) is 12.9. The van der Waals surface area contributed by atoms with Crippen molar-refractivity contribution in [1.29, 1.82) is 0 Å². The fraction of sp³-hybridized carbons (Fsp3) is 0.286. The standard InChI is InChI=1S/C21H24N2O4/c1-4-23(16(3)25)13-18-7-5-6-8-20(18)22-21(26)14-27-19-11-9-17(10-12-19)15(2)24/h5-12H,4,13-14H2,1-3H3,(H,22,26). The molecule has 2 aromatic carbocycles. The van der Waals surface area contributed by atoms with Gasteiger partial charge < -0.3 is 15.0 Å². The monoisotopic (exact) mass is 368 g/mol. The van der Waals surface area contributed by atoms with E-state index in [2.05, 4.69) is 5.32 Å². The molecule has 0 atom stereocenters. The Kier molecular flexibility index (Phi) is 7.11. The van der Waals surface area contributed by atoms with E-state index in [1.165, 1.54) is 13.8 Å². The summed E-state index contributed by atoms with van der Waals surface area (Å²) >= 11 is 0. The molecule has 142 valence electrons. The van der Waals surface area contributed by atoms with E-state index >= 15 is 0 Å². The Morgan fingerprint density at radius 3 is 2.26 bits per heavy atom. The number of ketones is 1. The minimum Gasteiger partial charge on any atom is -0.484 e. The Bertz CT molecular complexity index is 815. The number of hydrogen-bond donors (Lipinski definition) is 1. The highest BCUT2D eigenvalue weighted by Gasteiger charge is 2.12. The van der Waals surface area contributed by atoms with Gasteiger partial charge in [0.05, 0.1) is 0 Å². The fourth-order valence-electron chi connectivity index (χ4n) is 2.55. The molecule has 0 spiro atoms. The molecule has 6 heteroatoms. The van der Waals surface area contributed by atoms with E-state index in [9.17, 15) is 14.4 Å². The van der Waals surface area contributed by atoms with Crippen LogP contribution in [0.25, 0.3) is 0 Å². The van der Waals surface area contributed by atoms with Gasteiger partial charge in [-0.05, 0) is 49.7 Å². The van der Waals surface area contributed by atoms with Crippen LogP contribution >= 0.6 is 0 Å². The summed E-state index contributed by atoms with van der Waals surface area (Å²) < 4.78 is 5.47. The van der Waals surface area contributed by atoms with Crippen LogP contribution in [0.4, 0.5) is 5.69 Å². The van der Waals surface area contributed by atoms with Gasteiger partial charge in [0.2, 0.25) is 5.91 Å². The molecular formula is C21H24N2O4. The first-order valence-corrected chi connectivity index (χ1v) is 8.77. The molecule has 0 aliphatic rings. The SMILES string of the molecule is CCN(Cc1ccccc1NC(=O)COc1ccc(C(C)=O)cc1)C(C)=O. The van der Waals surface area contributed by atoms with Crippen molar-refractivity contribution in [2.24, 2.45) is 0 Å². The number of hydrogen-bond acceptors (Lipinski definition) is 4. The minimum absolute atomic E-state index is 0.0176. The molecule has 0 bridgehead atoms. The third-order valence-corrected chi connectivity index (χ3v) is 4.11. The number of carbonyl (C=O) groups excluding carboxylic acids is 3.